The number of nitrogens with one attached hydrogen (secondary N) is 1. The Balaban J connectivity index is 1.41. The molecule has 0 saturated carbocycles. The largest absolute Gasteiger partial charge is 0.493 e. The van der Waals surface area contributed by atoms with E-state index in [1.807, 2.05) is 36.4 Å². The Bertz CT molecular complexity index is 1450. The van der Waals surface area contributed by atoms with E-state index in [-0.39, 0.29) is 31.6 Å². The maximum absolute atomic E-state index is 13.4. The molecular weight excluding hydrogens is 567 g/mol. The topological polar surface area (TPSA) is 95.0 Å². The summed E-state index contributed by atoms with van der Waals surface area (Å²) < 4.78 is 25.8. The molecule has 1 amide bonds. The van der Waals surface area contributed by atoms with Gasteiger partial charge in [0.25, 0.3) is 0 Å². The lowest BCUT2D eigenvalue weighted by Gasteiger charge is -2.35. The molecule has 0 fully saturated rings. The molecule has 4 aromatic rings. The van der Waals surface area contributed by atoms with Gasteiger partial charge in [-0.1, -0.05) is 35.0 Å². The van der Waals surface area contributed by atoms with Gasteiger partial charge in [0, 0.05) is 33.0 Å². The van der Waals surface area contributed by atoms with Crippen molar-refractivity contribution in [3.63, 3.8) is 0 Å². The number of hydrogen-bond donors (Lipinski definition) is 3. The fraction of sp³-hybridized carbons (Fsp3) is 0.300. The summed E-state index contributed by atoms with van der Waals surface area (Å²) in [5, 5.41) is 20.1. The van der Waals surface area contributed by atoms with Crippen LogP contribution in [-0.4, -0.2) is 52.6 Å². The highest BCUT2D eigenvalue weighted by atomic mass is 79.9. The monoisotopic (exact) mass is 596 g/mol. The second-order valence-electron chi connectivity index (χ2n) is 10.3. The zero-order valence-electron chi connectivity index (χ0n) is 21.5. The van der Waals surface area contributed by atoms with Crippen LogP contribution in [0.3, 0.4) is 0 Å². The van der Waals surface area contributed by atoms with Crippen molar-refractivity contribution >= 4 is 32.9 Å². The molecule has 0 bridgehead atoms. The van der Waals surface area contributed by atoms with Crippen LogP contribution >= 0.6 is 15.9 Å². The zero-order chi connectivity index (χ0) is 27.6. The number of nitrogens with zero attached hydrogens (tertiary/aromatic N) is 1. The number of aliphatic hydroxyl groups excluding tert-OH is 2. The number of carbonyl (C=O) groups is 1. The van der Waals surface area contributed by atoms with E-state index in [4.69, 9.17) is 9.47 Å². The first-order valence-electron chi connectivity index (χ1n) is 12.8. The van der Waals surface area contributed by atoms with Gasteiger partial charge in [-0.05, 0) is 78.6 Å². The first-order valence-corrected chi connectivity index (χ1v) is 13.6. The molecule has 1 aliphatic heterocycles. The number of rotatable bonds is 8. The molecule has 9 heteroatoms. The van der Waals surface area contributed by atoms with Crippen molar-refractivity contribution in [2.75, 3.05) is 26.4 Å². The Morgan fingerprint density at radius 1 is 1.08 bits per heavy atom. The second-order valence-corrected chi connectivity index (χ2v) is 11.2. The molecule has 1 unspecified atom stereocenters. The summed E-state index contributed by atoms with van der Waals surface area (Å²) in [6, 6.07) is 18.8. The quantitative estimate of drug-likeness (QED) is 0.240. The number of H-pyrrole nitrogens is 1. The lowest BCUT2D eigenvalue weighted by atomic mass is 9.93. The van der Waals surface area contributed by atoms with E-state index in [1.54, 1.807) is 11.8 Å². The Morgan fingerprint density at radius 3 is 2.46 bits per heavy atom. The van der Waals surface area contributed by atoms with Crippen LogP contribution in [0.5, 0.6) is 11.5 Å². The fourth-order valence-electron chi connectivity index (χ4n) is 4.78. The van der Waals surface area contributed by atoms with E-state index in [2.05, 4.69) is 27.0 Å². The smallest absolute Gasteiger partial charge is 0.415 e. The van der Waals surface area contributed by atoms with Crippen LogP contribution in [0, 0.1) is 11.2 Å². The standard InChI is InChI=1S/C30H30BrFN2O5/c1-30(16-35,17-36)18-38-22-7-2-19(3-8-22)14-27-28-24(25-15-20(31)4-11-26(25)33-28)12-13-34(27)29(37)39-23-9-5-21(32)6-10-23/h2-11,15,27,33,35-36H,12-14,16-18H2,1H3. The molecule has 1 aliphatic rings. The third-order valence-electron chi connectivity index (χ3n) is 7.17. The van der Waals surface area contributed by atoms with Crippen molar-refractivity contribution in [3.8, 4) is 11.5 Å². The van der Waals surface area contributed by atoms with Crippen LogP contribution in [0.25, 0.3) is 10.9 Å². The number of aromatic amines is 1. The first-order chi connectivity index (χ1) is 18.8. The number of benzene rings is 3. The van der Waals surface area contributed by atoms with Crippen LogP contribution in [0.2, 0.25) is 0 Å². The number of hydrogen-bond acceptors (Lipinski definition) is 5. The first kappa shape index (κ1) is 27.2. The van der Waals surface area contributed by atoms with Crippen molar-refractivity contribution in [3.05, 3.63) is 93.8 Å². The van der Waals surface area contributed by atoms with Crippen LogP contribution in [0.15, 0.2) is 71.2 Å². The van der Waals surface area contributed by atoms with Gasteiger partial charge in [-0.3, -0.25) is 4.90 Å². The van der Waals surface area contributed by atoms with Crippen molar-refractivity contribution in [1.82, 2.24) is 9.88 Å². The molecule has 0 spiro atoms. The molecule has 7 nitrogen and oxygen atoms in total. The summed E-state index contributed by atoms with van der Waals surface area (Å²) >= 11 is 3.57. The number of halogens is 2. The Labute approximate surface area is 234 Å². The van der Waals surface area contributed by atoms with Crippen molar-refractivity contribution in [2.24, 2.45) is 5.41 Å². The van der Waals surface area contributed by atoms with Gasteiger partial charge in [0.2, 0.25) is 0 Å². The average molecular weight is 597 g/mol. The molecule has 0 radical (unpaired) electrons. The molecule has 3 aromatic carbocycles. The number of aliphatic hydroxyl groups is 2. The number of ether oxygens (including phenoxy) is 2. The van der Waals surface area contributed by atoms with Gasteiger partial charge in [-0.15, -0.1) is 0 Å². The van der Waals surface area contributed by atoms with E-state index >= 15 is 0 Å². The molecule has 0 saturated heterocycles. The molecule has 0 aliphatic carbocycles. The predicted molar refractivity (Wildman–Crippen MR) is 149 cm³/mol. The van der Waals surface area contributed by atoms with Crippen LogP contribution < -0.4 is 9.47 Å². The van der Waals surface area contributed by atoms with Gasteiger partial charge >= 0.3 is 6.09 Å². The minimum absolute atomic E-state index is 0.180. The average Bonchev–Trinajstić information content (AvgIpc) is 3.32. The van der Waals surface area contributed by atoms with E-state index in [1.165, 1.54) is 29.8 Å². The molecule has 204 valence electrons. The molecule has 1 atom stereocenters. The highest BCUT2D eigenvalue weighted by Crippen LogP contribution is 2.38. The molecule has 39 heavy (non-hydrogen) atoms. The highest BCUT2D eigenvalue weighted by Gasteiger charge is 2.35. The summed E-state index contributed by atoms with van der Waals surface area (Å²) in [4.78, 5) is 18.6. The fourth-order valence-corrected chi connectivity index (χ4v) is 5.14. The molecule has 3 N–H and O–H groups in total. The third-order valence-corrected chi connectivity index (χ3v) is 7.66. The minimum atomic E-state index is -0.729. The maximum atomic E-state index is 13.4. The predicted octanol–water partition coefficient (Wildman–Crippen LogP) is 5.78. The molecule has 2 heterocycles. The molecule has 1 aromatic heterocycles. The van der Waals surface area contributed by atoms with Gasteiger partial charge in [-0.2, -0.15) is 0 Å². The maximum Gasteiger partial charge on any atom is 0.415 e. The summed E-state index contributed by atoms with van der Waals surface area (Å²) in [6.07, 6.45) is 0.705. The lowest BCUT2D eigenvalue weighted by Crippen LogP contribution is -2.42. The number of aromatic nitrogens is 1. The van der Waals surface area contributed by atoms with E-state index in [0.29, 0.717) is 25.1 Å². The van der Waals surface area contributed by atoms with Gasteiger partial charge in [-0.25, -0.2) is 9.18 Å². The number of fused-ring (bicyclic) bond motifs is 3. The summed E-state index contributed by atoms with van der Waals surface area (Å²) in [5.74, 6) is 0.509. The zero-order valence-corrected chi connectivity index (χ0v) is 23.1. The van der Waals surface area contributed by atoms with E-state index < -0.39 is 17.3 Å². The van der Waals surface area contributed by atoms with Crippen molar-refractivity contribution in [2.45, 2.75) is 25.8 Å². The van der Waals surface area contributed by atoms with E-state index in [9.17, 15) is 19.4 Å². The minimum Gasteiger partial charge on any atom is -0.493 e. The summed E-state index contributed by atoms with van der Waals surface area (Å²) in [6.45, 7) is 2.03. The second kappa shape index (κ2) is 11.4. The summed E-state index contributed by atoms with van der Waals surface area (Å²) in [7, 11) is 0. The molecular formula is C30H30BrFN2O5. The number of amides is 1. The van der Waals surface area contributed by atoms with Crippen LogP contribution in [0.1, 0.15) is 29.8 Å². The Morgan fingerprint density at radius 2 is 1.77 bits per heavy atom. The Kier molecular flexibility index (Phi) is 7.93. The van der Waals surface area contributed by atoms with Gasteiger partial charge in [0.15, 0.2) is 0 Å². The van der Waals surface area contributed by atoms with Crippen LogP contribution in [0.4, 0.5) is 9.18 Å². The SMILES string of the molecule is CC(CO)(CO)COc1ccc(CC2c3[nH]c4ccc(Br)cc4c3CCN2C(=O)Oc2ccc(F)cc2)cc1. The summed E-state index contributed by atoms with van der Waals surface area (Å²) in [5.41, 5.74) is 3.41. The highest BCUT2D eigenvalue weighted by molar-refractivity contribution is 9.10. The normalized spacial score (nSPS) is 15.3. The van der Waals surface area contributed by atoms with Gasteiger partial charge in [0.1, 0.15) is 17.3 Å². The van der Waals surface area contributed by atoms with E-state index in [0.717, 1.165) is 26.6 Å². The third kappa shape index (κ3) is 5.95. The Hall–Kier alpha value is -3.40. The van der Waals surface area contributed by atoms with Crippen molar-refractivity contribution in [1.29, 1.82) is 0 Å². The van der Waals surface area contributed by atoms with Crippen LogP contribution in [-0.2, 0) is 12.8 Å². The van der Waals surface area contributed by atoms with Gasteiger partial charge in [0.05, 0.1) is 25.9 Å². The lowest BCUT2D eigenvalue weighted by molar-refractivity contribution is 0.0287. The number of carbonyl (C=O) groups excluding carboxylic acids is 1. The molecule has 5 rings (SSSR count). The van der Waals surface area contributed by atoms with Crippen molar-refractivity contribution < 1.29 is 28.9 Å². The van der Waals surface area contributed by atoms with Gasteiger partial charge < -0.3 is 24.7 Å².